The van der Waals surface area contributed by atoms with Crippen LogP contribution in [0.2, 0.25) is 0 Å². The molecular weight excluding hydrogens is 252 g/mol. The number of unbranched alkanes of at least 4 members (excludes halogenated alkanes) is 6. The molecule has 5 nitrogen and oxygen atoms in total. The fourth-order valence-corrected chi connectivity index (χ4v) is 2.33. The van der Waals surface area contributed by atoms with E-state index in [4.69, 9.17) is 10.3 Å². The summed E-state index contributed by atoms with van der Waals surface area (Å²) < 4.78 is 29.4. The molecule has 0 fully saturated rings. The lowest BCUT2D eigenvalue weighted by molar-refractivity contribution is 0.479. The Labute approximate surface area is 111 Å². The first-order valence-electron chi connectivity index (χ1n) is 6.92. The number of nitrogens with one attached hydrogen (secondary N) is 1. The van der Waals surface area contributed by atoms with Crippen molar-refractivity contribution in [3.05, 3.63) is 0 Å². The van der Waals surface area contributed by atoms with Crippen LogP contribution in [0, 0.1) is 0 Å². The summed E-state index contributed by atoms with van der Waals surface area (Å²) in [5.41, 5.74) is 5.41. The molecule has 0 aromatic rings. The Kier molecular flexibility index (Phi) is 11.8. The van der Waals surface area contributed by atoms with Gasteiger partial charge in [-0.05, 0) is 45.3 Å². The van der Waals surface area contributed by atoms with Crippen LogP contribution in [0.4, 0.5) is 0 Å². The first-order chi connectivity index (χ1) is 8.56. The first-order valence-corrected chi connectivity index (χ1v) is 8.53. The molecule has 110 valence electrons. The normalized spacial score (nSPS) is 11.9. The third-order valence-electron chi connectivity index (χ3n) is 2.81. The van der Waals surface area contributed by atoms with E-state index in [9.17, 15) is 8.42 Å². The third-order valence-corrected chi connectivity index (χ3v) is 3.62. The van der Waals surface area contributed by atoms with Crippen LogP contribution in [0.3, 0.4) is 0 Å². The Morgan fingerprint density at radius 2 is 1.33 bits per heavy atom. The van der Waals surface area contributed by atoms with Crippen LogP contribution in [-0.2, 0) is 10.1 Å². The molecule has 0 radical (unpaired) electrons. The molecule has 6 heteroatoms. The van der Waals surface area contributed by atoms with Gasteiger partial charge in [-0.2, -0.15) is 8.42 Å². The van der Waals surface area contributed by atoms with Crippen molar-refractivity contribution in [2.75, 3.05) is 25.4 Å². The van der Waals surface area contributed by atoms with Gasteiger partial charge in [0.25, 0.3) is 10.1 Å². The van der Waals surface area contributed by atoms with Crippen LogP contribution in [0.5, 0.6) is 0 Å². The molecule has 0 aromatic heterocycles. The van der Waals surface area contributed by atoms with Gasteiger partial charge in [0, 0.05) is 0 Å². The molecule has 0 saturated carbocycles. The second kappa shape index (κ2) is 11.9. The second-order valence-electron chi connectivity index (χ2n) is 4.65. The van der Waals surface area contributed by atoms with E-state index < -0.39 is 10.1 Å². The van der Waals surface area contributed by atoms with Gasteiger partial charge in [-0.25, -0.2) is 0 Å². The Balaban J connectivity index is 3.03. The van der Waals surface area contributed by atoms with Crippen molar-refractivity contribution in [3.63, 3.8) is 0 Å². The highest BCUT2D eigenvalue weighted by Crippen LogP contribution is 2.04. The van der Waals surface area contributed by atoms with Gasteiger partial charge in [0.1, 0.15) is 0 Å². The van der Waals surface area contributed by atoms with Crippen LogP contribution < -0.4 is 11.1 Å². The fraction of sp³-hybridized carbons (Fsp3) is 1.00. The predicted octanol–water partition coefficient (Wildman–Crippen LogP) is 1.54. The van der Waals surface area contributed by atoms with Gasteiger partial charge in [-0.3, -0.25) is 4.55 Å². The van der Waals surface area contributed by atoms with Crippen molar-refractivity contribution < 1.29 is 13.0 Å². The zero-order chi connectivity index (χ0) is 13.7. The summed E-state index contributed by atoms with van der Waals surface area (Å²) in [6.07, 6.45) is 8.62. The minimum atomic E-state index is -3.77. The summed E-state index contributed by atoms with van der Waals surface area (Å²) in [5, 5.41) is 3.28. The quantitative estimate of drug-likeness (QED) is 0.351. The lowest BCUT2D eigenvalue weighted by Gasteiger charge is -2.04. The van der Waals surface area contributed by atoms with Crippen LogP contribution in [0.15, 0.2) is 0 Å². The smallest absolute Gasteiger partial charge is 0.264 e. The second-order valence-corrected chi connectivity index (χ2v) is 6.23. The summed E-state index contributed by atoms with van der Waals surface area (Å²) in [7, 11) is -3.77. The first kappa shape index (κ1) is 17.8. The molecule has 4 N–H and O–H groups in total. The van der Waals surface area contributed by atoms with E-state index >= 15 is 0 Å². The van der Waals surface area contributed by atoms with Crippen molar-refractivity contribution in [2.45, 2.75) is 51.4 Å². The largest absolute Gasteiger partial charge is 0.330 e. The molecule has 0 aliphatic rings. The van der Waals surface area contributed by atoms with E-state index in [1.54, 1.807) is 0 Å². The molecule has 0 bridgehead atoms. The Hall–Kier alpha value is -0.170. The average molecular weight is 280 g/mol. The van der Waals surface area contributed by atoms with Gasteiger partial charge in [0.15, 0.2) is 0 Å². The van der Waals surface area contributed by atoms with Crippen molar-refractivity contribution in [1.29, 1.82) is 0 Å². The molecule has 0 aliphatic heterocycles. The van der Waals surface area contributed by atoms with Gasteiger partial charge >= 0.3 is 0 Å². The highest BCUT2D eigenvalue weighted by molar-refractivity contribution is 7.85. The standard InChI is InChI=1S/C12H28N2O3S/c13-9-5-3-1-2-4-6-10-14-11-7-8-12-18(15,16)17/h14H,1-13H2,(H,15,16,17). The highest BCUT2D eigenvalue weighted by atomic mass is 32.2. The fourth-order valence-electron chi connectivity index (χ4n) is 1.76. The Morgan fingerprint density at radius 3 is 1.89 bits per heavy atom. The van der Waals surface area contributed by atoms with Gasteiger partial charge < -0.3 is 11.1 Å². The zero-order valence-electron chi connectivity index (χ0n) is 11.2. The minimum Gasteiger partial charge on any atom is -0.330 e. The number of rotatable bonds is 13. The maximum atomic E-state index is 10.4. The molecule has 0 rings (SSSR count). The van der Waals surface area contributed by atoms with Crippen LogP contribution in [-0.4, -0.2) is 38.4 Å². The molecule has 0 heterocycles. The monoisotopic (exact) mass is 280 g/mol. The van der Waals surface area contributed by atoms with Crippen LogP contribution in [0.25, 0.3) is 0 Å². The molecule has 18 heavy (non-hydrogen) atoms. The minimum absolute atomic E-state index is 0.129. The highest BCUT2D eigenvalue weighted by Gasteiger charge is 2.02. The number of hydrogen-bond acceptors (Lipinski definition) is 4. The van der Waals surface area contributed by atoms with E-state index in [-0.39, 0.29) is 5.75 Å². The molecular formula is C12H28N2O3S. The number of hydrogen-bond donors (Lipinski definition) is 3. The van der Waals surface area contributed by atoms with Crippen LogP contribution >= 0.6 is 0 Å². The predicted molar refractivity (Wildman–Crippen MR) is 75.3 cm³/mol. The molecule has 0 unspecified atom stereocenters. The topological polar surface area (TPSA) is 92.4 Å². The van der Waals surface area contributed by atoms with E-state index in [1.165, 1.54) is 32.1 Å². The van der Waals surface area contributed by atoms with Crippen LogP contribution in [0.1, 0.15) is 51.4 Å². The summed E-state index contributed by atoms with van der Waals surface area (Å²) in [6.45, 7) is 2.61. The Morgan fingerprint density at radius 1 is 0.833 bits per heavy atom. The summed E-state index contributed by atoms with van der Waals surface area (Å²) in [5.74, 6) is -0.129. The molecule has 0 saturated heterocycles. The van der Waals surface area contributed by atoms with Crippen molar-refractivity contribution in [2.24, 2.45) is 5.73 Å². The third kappa shape index (κ3) is 15.8. The van der Waals surface area contributed by atoms with Gasteiger partial charge in [-0.15, -0.1) is 0 Å². The lowest BCUT2D eigenvalue weighted by atomic mass is 10.1. The average Bonchev–Trinajstić information content (AvgIpc) is 2.29. The Bertz CT molecular complexity index is 268. The molecule has 0 aromatic carbocycles. The van der Waals surface area contributed by atoms with Crippen molar-refractivity contribution >= 4 is 10.1 Å². The summed E-state index contributed by atoms with van der Waals surface area (Å²) in [6, 6.07) is 0. The summed E-state index contributed by atoms with van der Waals surface area (Å²) >= 11 is 0. The van der Waals surface area contributed by atoms with Crippen molar-refractivity contribution in [3.8, 4) is 0 Å². The van der Waals surface area contributed by atoms with Gasteiger partial charge in [-0.1, -0.05) is 25.7 Å². The number of nitrogens with two attached hydrogens (primary N) is 1. The molecule has 0 atom stereocenters. The van der Waals surface area contributed by atoms with E-state index in [0.29, 0.717) is 6.42 Å². The maximum absolute atomic E-state index is 10.4. The molecule has 0 spiro atoms. The molecule has 0 amide bonds. The van der Waals surface area contributed by atoms with Crippen molar-refractivity contribution in [1.82, 2.24) is 5.32 Å². The lowest BCUT2D eigenvalue weighted by Crippen LogP contribution is -2.17. The molecule has 0 aliphatic carbocycles. The van der Waals surface area contributed by atoms with E-state index in [2.05, 4.69) is 5.32 Å². The van der Waals surface area contributed by atoms with E-state index in [0.717, 1.165) is 32.5 Å². The van der Waals surface area contributed by atoms with Gasteiger partial charge in [0.2, 0.25) is 0 Å². The van der Waals surface area contributed by atoms with E-state index in [1.807, 2.05) is 0 Å². The SMILES string of the molecule is NCCCCCCCCNCCCCS(=O)(=O)O. The zero-order valence-corrected chi connectivity index (χ0v) is 12.1. The summed E-state index contributed by atoms with van der Waals surface area (Å²) in [4.78, 5) is 0. The van der Waals surface area contributed by atoms with Gasteiger partial charge in [0.05, 0.1) is 5.75 Å². The maximum Gasteiger partial charge on any atom is 0.264 e.